The van der Waals surface area contributed by atoms with E-state index in [4.69, 9.17) is 9.47 Å². The summed E-state index contributed by atoms with van der Waals surface area (Å²) in [6.07, 6.45) is 2.45. The van der Waals surface area contributed by atoms with Gasteiger partial charge in [-0.2, -0.15) is 0 Å². The highest BCUT2D eigenvalue weighted by Crippen LogP contribution is 2.36. The van der Waals surface area contributed by atoms with Crippen molar-refractivity contribution in [2.24, 2.45) is 0 Å². The summed E-state index contributed by atoms with van der Waals surface area (Å²) in [5.41, 5.74) is 3.73. The van der Waals surface area contributed by atoms with Gasteiger partial charge in [-0.1, -0.05) is 18.2 Å². The molecule has 162 valence electrons. The minimum Gasteiger partial charge on any atom is -0.482 e. The fraction of sp³-hybridized carbons (Fsp3) is 0.208. The molecule has 0 radical (unpaired) electrons. The molecule has 2 aromatic carbocycles. The molecule has 1 N–H and O–H groups in total. The molecular weight excluding hydrogens is 426 g/mol. The summed E-state index contributed by atoms with van der Waals surface area (Å²) in [7, 11) is 1.67. The molecule has 2 aromatic heterocycles. The Hall–Kier alpha value is -3.49. The molecule has 3 heterocycles. The number of thiazole rings is 1. The highest BCUT2D eigenvalue weighted by Gasteiger charge is 2.29. The predicted octanol–water partition coefficient (Wildman–Crippen LogP) is 4.09. The van der Waals surface area contributed by atoms with Crippen LogP contribution in [0.3, 0.4) is 0 Å². The average molecular weight is 448 g/mol. The van der Waals surface area contributed by atoms with E-state index in [1.807, 2.05) is 47.8 Å². The lowest BCUT2D eigenvalue weighted by Gasteiger charge is -2.29. The number of hydrogen-bond donors (Lipinski definition) is 1. The Morgan fingerprint density at radius 1 is 1.28 bits per heavy atom. The Kier molecular flexibility index (Phi) is 5.46. The van der Waals surface area contributed by atoms with Crippen molar-refractivity contribution in [3.05, 3.63) is 64.6 Å². The van der Waals surface area contributed by atoms with Crippen LogP contribution in [0.25, 0.3) is 22.2 Å². The molecular formula is C24H21N3O4S. The number of ketones is 1. The van der Waals surface area contributed by atoms with E-state index >= 15 is 0 Å². The molecule has 1 amide bonds. The number of carbonyl (C=O) groups excluding carboxylic acids is 2. The lowest BCUT2D eigenvalue weighted by atomic mass is 10.1. The molecule has 0 atom stereocenters. The second kappa shape index (κ2) is 8.57. The van der Waals surface area contributed by atoms with Gasteiger partial charge in [0, 0.05) is 47.1 Å². The van der Waals surface area contributed by atoms with Gasteiger partial charge in [-0.15, -0.1) is 11.3 Å². The molecule has 4 aromatic rings. The summed E-state index contributed by atoms with van der Waals surface area (Å²) in [5.74, 6) is 0.196. The number of carbonyl (C=O) groups is 2. The molecule has 5 rings (SSSR count). The maximum Gasteiger partial charge on any atom is 0.265 e. The second-order valence-corrected chi connectivity index (χ2v) is 8.43. The summed E-state index contributed by atoms with van der Waals surface area (Å²) in [6, 6.07) is 13.2. The molecule has 0 saturated carbocycles. The zero-order valence-electron chi connectivity index (χ0n) is 17.5. The van der Waals surface area contributed by atoms with Crippen molar-refractivity contribution in [3.8, 4) is 17.0 Å². The largest absolute Gasteiger partial charge is 0.482 e. The maximum absolute atomic E-state index is 13.1. The molecule has 1 aliphatic rings. The number of amides is 1. The van der Waals surface area contributed by atoms with Crippen molar-refractivity contribution in [2.75, 3.05) is 31.8 Å². The zero-order valence-corrected chi connectivity index (χ0v) is 18.3. The van der Waals surface area contributed by atoms with Crippen LogP contribution in [-0.2, 0) is 16.0 Å². The number of methoxy groups -OCH3 is 1. The highest BCUT2D eigenvalue weighted by molar-refractivity contribution is 7.09. The molecule has 32 heavy (non-hydrogen) atoms. The minimum absolute atomic E-state index is 0.0589. The number of Topliss-reactive ketones (excluding diaryl/α,β-unsaturated/α-hetero) is 1. The number of hydrogen-bond acceptors (Lipinski definition) is 6. The number of para-hydroxylation sites is 1. The van der Waals surface area contributed by atoms with Gasteiger partial charge in [0.15, 0.2) is 12.4 Å². The Morgan fingerprint density at radius 2 is 2.16 bits per heavy atom. The van der Waals surface area contributed by atoms with Gasteiger partial charge in [0.05, 0.1) is 29.5 Å². The van der Waals surface area contributed by atoms with Gasteiger partial charge in [-0.05, 0) is 24.3 Å². The van der Waals surface area contributed by atoms with Crippen LogP contribution in [0.4, 0.5) is 5.69 Å². The normalized spacial score (nSPS) is 13.3. The number of anilines is 1. The van der Waals surface area contributed by atoms with Crippen molar-refractivity contribution in [1.29, 1.82) is 0 Å². The molecule has 0 fully saturated rings. The van der Waals surface area contributed by atoms with E-state index < -0.39 is 0 Å². The maximum atomic E-state index is 13.1. The zero-order chi connectivity index (χ0) is 22.1. The van der Waals surface area contributed by atoms with Crippen LogP contribution >= 0.6 is 11.3 Å². The van der Waals surface area contributed by atoms with Gasteiger partial charge < -0.3 is 14.5 Å². The van der Waals surface area contributed by atoms with Crippen molar-refractivity contribution in [2.45, 2.75) is 6.42 Å². The van der Waals surface area contributed by atoms with E-state index in [9.17, 15) is 9.59 Å². The molecule has 8 heteroatoms. The molecule has 0 saturated heterocycles. The SMILES string of the molecule is COCCc1nc(-c2ccc3c(c2)N(CC(=O)c2c[nH]c4ccccc24)C(=O)CO3)cs1. The first-order chi connectivity index (χ1) is 15.6. The first-order valence-corrected chi connectivity index (χ1v) is 11.1. The van der Waals surface area contributed by atoms with Crippen molar-refractivity contribution < 1.29 is 19.1 Å². The topological polar surface area (TPSA) is 84.5 Å². The number of rotatable bonds is 7. The summed E-state index contributed by atoms with van der Waals surface area (Å²) in [6.45, 7) is 0.464. The molecule has 0 spiro atoms. The van der Waals surface area contributed by atoms with Crippen LogP contribution in [0.2, 0.25) is 0 Å². The van der Waals surface area contributed by atoms with E-state index in [2.05, 4.69) is 9.97 Å². The summed E-state index contributed by atoms with van der Waals surface area (Å²) < 4.78 is 10.7. The Bertz CT molecular complexity index is 1310. The van der Waals surface area contributed by atoms with Crippen LogP contribution in [0.5, 0.6) is 5.75 Å². The Labute approximate surface area is 188 Å². The number of fused-ring (bicyclic) bond motifs is 2. The van der Waals surface area contributed by atoms with Crippen LogP contribution in [0.1, 0.15) is 15.4 Å². The summed E-state index contributed by atoms with van der Waals surface area (Å²) in [4.78, 5) is 35.1. The fourth-order valence-electron chi connectivity index (χ4n) is 3.81. The van der Waals surface area contributed by atoms with E-state index in [1.54, 1.807) is 24.6 Å². The third-order valence-electron chi connectivity index (χ3n) is 5.46. The summed E-state index contributed by atoms with van der Waals surface area (Å²) in [5, 5.41) is 3.82. The number of nitrogens with zero attached hydrogens (tertiary/aromatic N) is 2. The average Bonchev–Trinajstić information content (AvgIpc) is 3.46. The summed E-state index contributed by atoms with van der Waals surface area (Å²) >= 11 is 1.57. The number of aromatic amines is 1. The van der Waals surface area contributed by atoms with Gasteiger partial charge in [-0.3, -0.25) is 14.5 Å². The van der Waals surface area contributed by atoms with Gasteiger partial charge in [-0.25, -0.2) is 4.98 Å². The number of H-pyrrole nitrogens is 1. The molecule has 0 bridgehead atoms. The lowest BCUT2D eigenvalue weighted by molar-refractivity contribution is -0.121. The second-order valence-electron chi connectivity index (χ2n) is 7.49. The number of ether oxygens (including phenoxy) is 2. The third kappa shape index (κ3) is 3.79. The van der Waals surface area contributed by atoms with Crippen LogP contribution in [-0.4, -0.2) is 48.5 Å². The standard InChI is InChI=1S/C24H21N3O4S/c1-30-9-8-23-26-19(14-32-23)15-6-7-22-20(10-15)27(24(29)13-31-22)12-21(28)17-11-25-18-5-3-2-4-16(17)18/h2-7,10-11,14,25H,8-9,12-13H2,1H3. The predicted molar refractivity (Wildman–Crippen MR) is 124 cm³/mol. The minimum atomic E-state index is -0.248. The molecule has 0 unspecified atom stereocenters. The fourth-order valence-corrected chi connectivity index (χ4v) is 4.60. The lowest BCUT2D eigenvalue weighted by Crippen LogP contribution is -2.42. The first-order valence-electron chi connectivity index (χ1n) is 10.2. The smallest absolute Gasteiger partial charge is 0.265 e. The van der Waals surface area contributed by atoms with Gasteiger partial charge in [0.2, 0.25) is 0 Å². The van der Waals surface area contributed by atoms with E-state index in [0.29, 0.717) is 23.6 Å². The molecule has 0 aliphatic carbocycles. The van der Waals surface area contributed by atoms with Gasteiger partial charge in [0.25, 0.3) is 5.91 Å². The number of nitrogens with one attached hydrogen (secondary N) is 1. The number of benzene rings is 2. The Morgan fingerprint density at radius 3 is 3.03 bits per heavy atom. The van der Waals surface area contributed by atoms with Crippen molar-refractivity contribution >= 4 is 39.6 Å². The van der Waals surface area contributed by atoms with Crippen molar-refractivity contribution in [1.82, 2.24) is 9.97 Å². The monoisotopic (exact) mass is 447 g/mol. The van der Waals surface area contributed by atoms with Crippen LogP contribution < -0.4 is 9.64 Å². The van der Waals surface area contributed by atoms with E-state index in [-0.39, 0.29) is 24.8 Å². The van der Waals surface area contributed by atoms with E-state index in [1.165, 1.54) is 4.90 Å². The number of aromatic nitrogens is 2. The molecule has 1 aliphatic heterocycles. The first kappa shape index (κ1) is 20.4. The van der Waals surface area contributed by atoms with E-state index in [0.717, 1.165) is 33.6 Å². The van der Waals surface area contributed by atoms with Gasteiger partial charge >= 0.3 is 0 Å². The van der Waals surface area contributed by atoms with Crippen LogP contribution in [0.15, 0.2) is 54.0 Å². The highest BCUT2D eigenvalue weighted by atomic mass is 32.1. The van der Waals surface area contributed by atoms with Crippen LogP contribution in [0, 0.1) is 0 Å². The molecule has 7 nitrogen and oxygen atoms in total. The van der Waals surface area contributed by atoms with Crippen molar-refractivity contribution in [3.63, 3.8) is 0 Å². The van der Waals surface area contributed by atoms with Gasteiger partial charge in [0.1, 0.15) is 5.75 Å². The quantitative estimate of drug-likeness (QED) is 0.432. The Balaban J connectivity index is 1.44. The third-order valence-corrected chi connectivity index (χ3v) is 6.37.